The molecular weight excluding hydrogens is 191 g/mol. The number of nitrogens with zero attached hydrogens (tertiary/aromatic N) is 2. The number of rotatable bonds is 1. The summed E-state index contributed by atoms with van der Waals surface area (Å²) in [4.78, 5) is 8.54. The highest BCUT2D eigenvalue weighted by molar-refractivity contribution is 5.76. The molecular formula is C12H11FN2. The van der Waals surface area contributed by atoms with E-state index in [4.69, 9.17) is 0 Å². The SMILES string of the molecule is CC=Cc1nc2cccc(F)c2nc1C. The quantitative estimate of drug-likeness (QED) is 0.710. The molecule has 0 fully saturated rings. The number of hydrogen-bond donors (Lipinski definition) is 0. The lowest BCUT2D eigenvalue weighted by molar-refractivity contribution is 0.636. The average molecular weight is 202 g/mol. The standard InChI is InChI=1S/C12H11FN2/c1-3-5-10-8(2)14-12-9(13)6-4-7-11(12)15-10/h3-7H,1-2H3. The summed E-state index contributed by atoms with van der Waals surface area (Å²) in [6.07, 6.45) is 3.76. The normalized spacial score (nSPS) is 11.4. The van der Waals surface area contributed by atoms with E-state index in [1.165, 1.54) is 6.07 Å². The number of halogens is 1. The molecule has 3 heteroatoms. The van der Waals surface area contributed by atoms with Crippen LogP contribution < -0.4 is 0 Å². The van der Waals surface area contributed by atoms with Gasteiger partial charge in [0, 0.05) is 0 Å². The summed E-state index contributed by atoms with van der Waals surface area (Å²) >= 11 is 0. The Kier molecular flexibility index (Phi) is 2.46. The summed E-state index contributed by atoms with van der Waals surface area (Å²) in [5.41, 5.74) is 2.46. The lowest BCUT2D eigenvalue weighted by atomic mass is 10.2. The second-order valence-electron chi connectivity index (χ2n) is 3.30. The van der Waals surface area contributed by atoms with Gasteiger partial charge in [-0.15, -0.1) is 0 Å². The fraction of sp³-hybridized carbons (Fsp3) is 0.167. The van der Waals surface area contributed by atoms with Crippen molar-refractivity contribution in [2.45, 2.75) is 13.8 Å². The number of hydrogen-bond acceptors (Lipinski definition) is 2. The van der Waals surface area contributed by atoms with E-state index in [9.17, 15) is 4.39 Å². The second-order valence-corrected chi connectivity index (χ2v) is 3.30. The van der Waals surface area contributed by atoms with E-state index >= 15 is 0 Å². The van der Waals surface area contributed by atoms with Gasteiger partial charge in [-0.05, 0) is 32.1 Å². The third-order valence-corrected chi connectivity index (χ3v) is 2.18. The van der Waals surface area contributed by atoms with Crippen LogP contribution in [0.3, 0.4) is 0 Å². The first-order valence-electron chi connectivity index (χ1n) is 4.78. The minimum atomic E-state index is -0.324. The van der Waals surface area contributed by atoms with E-state index in [2.05, 4.69) is 9.97 Å². The number of benzene rings is 1. The molecule has 0 aliphatic heterocycles. The van der Waals surface area contributed by atoms with Gasteiger partial charge in [-0.25, -0.2) is 14.4 Å². The van der Waals surface area contributed by atoms with Crippen molar-refractivity contribution < 1.29 is 4.39 Å². The van der Waals surface area contributed by atoms with Gasteiger partial charge in [0.2, 0.25) is 0 Å². The van der Waals surface area contributed by atoms with E-state index in [1.807, 2.05) is 26.0 Å². The van der Waals surface area contributed by atoms with E-state index in [-0.39, 0.29) is 5.82 Å². The highest BCUT2D eigenvalue weighted by Crippen LogP contribution is 2.16. The minimum absolute atomic E-state index is 0.324. The molecule has 76 valence electrons. The molecule has 0 atom stereocenters. The molecule has 15 heavy (non-hydrogen) atoms. The van der Waals surface area contributed by atoms with Crippen LogP contribution in [0.15, 0.2) is 24.3 Å². The maximum absolute atomic E-state index is 13.4. The molecule has 0 saturated carbocycles. The van der Waals surface area contributed by atoms with Crippen molar-refractivity contribution in [3.05, 3.63) is 41.5 Å². The van der Waals surface area contributed by atoms with Crippen LogP contribution in [-0.4, -0.2) is 9.97 Å². The number of fused-ring (bicyclic) bond motifs is 1. The fourth-order valence-electron chi connectivity index (χ4n) is 1.46. The third kappa shape index (κ3) is 1.73. The van der Waals surface area contributed by atoms with Crippen LogP contribution in [0.1, 0.15) is 18.3 Å². The largest absolute Gasteiger partial charge is 0.246 e. The molecule has 1 aromatic heterocycles. The molecule has 0 radical (unpaired) electrons. The van der Waals surface area contributed by atoms with Gasteiger partial charge >= 0.3 is 0 Å². The maximum atomic E-state index is 13.4. The minimum Gasteiger partial charge on any atom is -0.246 e. The zero-order chi connectivity index (χ0) is 10.8. The molecule has 2 nitrogen and oxygen atoms in total. The highest BCUT2D eigenvalue weighted by atomic mass is 19.1. The van der Waals surface area contributed by atoms with Crippen molar-refractivity contribution >= 4 is 17.1 Å². The lowest BCUT2D eigenvalue weighted by Crippen LogP contribution is -1.95. The Labute approximate surface area is 87.5 Å². The summed E-state index contributed by atoms with van der Waals surface area (Å²) < 4.78 is 13.4. The molecule has 0 unspecified atom stereocenters. The van der Waals surface area contributed by atoms with E-state index in [1.54, 1.807) is 12.1 Å². The summed E-state index contributed by atoms with van der Waals surface area (Å²) in [5.74, 6) is -0.324. The van der Waals surface area contributed by atoms with E-state index in [0.29, 0.717) is 11.0 Å². The van der Waals surface area contributed by atoms with Crippen LogP contribution in [0.4, 0.5) is 4.39 Å². The van der Waals surface area contributed by atoms with Crippen molar-refractivity contribution in [3.8, 4) is 0 Å². The first-order chi connectivity index (χ1) is 7.22. The van der Waals surface area contributed by atoms with Gasteiger partial charge in [0.05, 0.1) is 16.9 Å². The molecule has 0 amide bonds. The molecule has 0 aliphatic rings. The van der Waals surface area contributed by atoms with Gasteiger partial charge in [-0.3, -0.25) is 0 Å². The molecule has 0 N–H and O–H groups in total. The van der Waals surface area contributed by atoms with Crippen LogP contribution in [0.5, 0.6) is 0 Å². The third-order valence-electron chi connectivity index (χ3n) is 2.18. The first-order valence-corrected chi connectivity index (χ1v) is 4.78. The Balaban J connectivity index is 2.76. The monoisotopic (exact) mass is 202 g/mol. The zero-order valence-corrected chi connectivity index (χ0v) is 8.66. The molecule has 2 rings (SSSR count). The molecule has 0 spiro atoms. The molecule has 0 bridgehead atoms. The number of aryl methyl sites for hydroxylation is 1. The van der Waals surface area contributed by atoms with Crippen LogP contribution in [0, 0.1) is 12.7 Å². The highest BCUT2D eigenvalue weighted by Gasteiger charge is 2.05. The average Bonchev–Trinajstić information content (AvgIpc) is 2.21. The van der Waals surface area contributed by atoms with Crippen LogP contribution in [-0.2, 0) is 0 Å². The summed E-state index contributed by atoms with van der Waals surface area (Å²) in [7, 11) is 0. The van der Waals surface area contributed by atoms with Crippen molar-refractivity contribution in [3.63, 3.8) is 0 Å². The first kappa shape index (κ1) is 9.77. The van der Waals surface area contributed by atoms with Crippen molar-refractivity contribution in [2.24, 2.45) is 0 Å². The second kappa shape index (κ2) is 3.77. The number of allylic oxidation sites excluding steroid dienone is 1. The van der Waals surface area contributed by atoms with Crippen molar-refractivity contribution in [1.82, 2.24) is 9.97 Å². The molecule has 2 aromatic rings. The van der Waals surface area contributed by atoms with Gasteiger partial charge < -0.3 is 0 Å². The number of aromatic nitrogens is 2. The zero-order valence-electron chi connectivity index (χ0n) is 8.66. The van der Waals surface area contributed by atoms with Crippen LogP contribution in [0.25, 0.3) is 17.1 Å². The Hall–Kier alpha value is -1.77. The van der Waals surface area contributed by atoms with Gasteiger partial charge in [-0.1, -0.05) is 12.1 Å². The molecule has 0 aliphatic carbocycles. The summed E-state index contributed by atoms with van der Waals surface area (Å²) in [6.45, 7) is 3.74. The predicted molar refractivity (Wildman–Crippen MR) is 58.9 cm³/mol. The Bertz CT molecular complexity index is 532. The molecule has 1 aromatic carbocycles. The van der Waals surface area contributed by atoms with Gasteiger partial charge in [0.1, 0.15) is 5.52 Å². The maximum Gasteiger partial charge on any atom is 0.151 e. The Morgan fingerprint density at radius 3 is 2.80 bits per heavy atom. The predicted octanol–water partition coefficient (Wildman–Crippen LogP) is 3.11. The lowest BCUT2D eigenvalue weighted by Gasteiger charge is -2.02. The number of para-hydroxylation sites is 1. The Morgan fingerprint density at radius 2 is 2.07 bits per heavy atom. The Morgan fingerprint density at radius 1 is 1.27 bits per heavy atom. The topological polar surface area (TPSA) is 25.8 Å². The van der Waals surface area contributed by atoms with Crippen LogP contribution >= 0.6 is 0 Å². The van der Waals surface area contributed by atoms with Crippen LogP contribution in [0.2, 0.25) is 0 Å². The van der Waals surface area contributed by atoms with Crippen molar-refractivity contribution in [1.29, 1.82) is 0 Å². The van der Waals surface area contributed by atoms with Gasteiger partial charge in [0.25, 0.3) is 0 Å². The summed E-state index contributed by atoms with van der Waals surface area (Å²) in [6, 6.07) is 4.80. The fourth-order valence-corrected chi connectivity index (χ4v) is 1.46. The van der Waals surface area contributed by atoms with Gasteiger partial charge in [-0.2, -0.15) is 0 Å². The van der Waals surface area contributed by atoms with Gasteiger partial charge in [0.15, 0.2) is 5.82 Å². The van der Waals surface area contributed by atoms with Crippen molar-refractivity contribution in [2.75, 3.05) is 0 Å². The molecule has 1 heterocycles. The molecule has 0 saturated heterocycles. The van der Waals surface area contributed by atoms with E-state index in [0.717, 1.165) is 11.4 Å². The summed E-state index contributed by atoms with van der Waals surface area (Å²) in [5, 5.41) is 0. The smallest absolute Gasteiger partial charge is 0.151 e. The van der Waals surface area contributed by atoms with E-state index < -0.39 is 0 Å².